The van der Waals surface area contributed by atoms with E-state index in [1.807, 2.05) is 23.7 Å². The standard InChI is InChI=1S/C14H19ClN4O2/c1-19-9-17-18-13(19)4-5-16-8-10-6-11(15)14(21-3)12(7-10)20-2/h6-7,9,16H,4-5,8H2,1-3H3. The van der Waals surface area contributed by atoms with Gasteiger partial charge in [-0.15, -0.1) is 10.2 Å². The Kier molecular flexibility index (Phi) is 5.41. The molecule has 0 aliphatic heterocycles. The fourth-order valence-electron chi connectivity index (χ4n) is 2.04. The second-order valence-electron chi connectivity index (χ2n) is 4.60. The third-order valence-electron chi connectivity index (χ3n) is 3.15. The molecule has 1 heterocycles. The van der Waals surface area contributed by atoms with Crippen LogP contribution in [0.25, 0.3) is 0 Å². The Hall–Kier alpha value is -1.79. The monoisotopic (exact) mass is 310 g/mol. The van der Waals surface area contributed by atoms with Crippen LogP contribution in [0.3, 0.4) is 0 Å². The third kappa shape index (κ3) is 3.86. The van der Waals surface area contributed by atoms with Crippen LogP contribution < -0.4 is 14.8 Å². The Bertz CT molecular complexity index is 601. The van der Waals surface area contributed by atoms with Crippen LogP contribution in [-0.2, 0) is 20.0 Å². The first-order valence-corrected chi connectivity index (χ1v) is 6.97. The Morgan fingerprint density at radius 1 is 1.29 bits per heavy atom. The number of halogens is 1. The van der Waals surface area contributed by atoms with Crippen LogP contribution >= 0.6 is 11.6 Å². The predicted octanol–water partition coefficient (Wildman–Crippen LogP) is 1.82. The molecule has 0 amide bonds. The van der Waals surface area contributed by atoms with E-state index in [0.29, 0.717) is 23.1 Å². The number of ether oxygens (including phenoxy) is 2. The van der Waals surface area contributed by atoms with E-state index in [0.717, 1.165) is 24.4 Å². The molecule has 0 fully saturated rings. The fraction of sp³-hybridized carbons (Fsp3) is 0.429. The van der Waals surface area contributed by atoms with Crippen molar-refractivity contribution in [1.82, 2.24) is 20.1 Å². The molecule has 2 rings (SSSR count). The van der Waals surface area contributed by atoms with Gasteiger partial charge in [-0.1, -0.05) is 11.6 Å². The average molecular weight is 311 g/mol. The van der Waals surface area contributed by atoms with Gasteiger partial charge in [0.1, 0.15) is 12.2 Å². The number of nitrogens with zero attached hydrogens (tertiary/aromatic N) is 3. The zero-order valence-corrected chi connectivity index (χ0v) is 13.1. The summed E-state index contributed by atoms with van der Waals surface area (Å²) in [6.07, 6.45) is 2.51. The summed E-state index contributed by atoms with van der Waals surface area (Å²) in [6.45, 7) is 1.50. The van der Waals surface area contributed by atoms with Crippen LogP contribution in [-0.4, -0.2) is 35.5 Å². The first-order valence-electron chi connectivity index (χ1n) is 6.59. The summed E-state index contributed by atoms with van der Waals surface area (Å²) in [7, 11) is 5.10. The number of aromatic nitrogens is 3. The Labute approximate surface area is 129 Å². The van der Waals surface area contributed by atoms with Gasteiger partial charge in [-0.25, -0.2) is 0 Å². The highest BCUT2D eigenvalue weighted by Crippen LogP contribution is 2.35. The first kappa shape index (κ1) is 15.6. The van der Waals surface area contributed by atoms with Crippen LogP contribution in [0.5, 0.6) is 11.5 Å². The molecule has 1 N–H and O–H groups in total. The van der Waals surface area contributed by atoms with Crippen LogP contribution in [0.2, 0.25) is 5.02 Å². The number of nitrogens with one attached hydrogen (secondary N) is 1. The minimum absolute atomic E-state index is 0.543. The third-order valence-corrected chi connectivity index (χ3v) is 3.43. The van der Waals surface area contributed by atoms with Crippen molar-refractivity contribution in [3.05, 3.63) is 34.9 Å². The largest absolute Gasteiger partial charge is 0.493 e. The highest BCUT2D eigenvalue weighted by atomic mass is 35.5. The molecule has 1 aromatic heterocycles. The number of aryl methyl sites for hydroxylation is 1. The second kappa shape index (κ2) is 7.28. The van der Waals surface area contributed by atoms with E-state index in [1.165, 1.54) is 0 Å². The minimum Gasteiger partial charge on any atom is -0.493 e. The van der Waals surface area contributed by atoms with Crippen molar-refractivity contribution in [2.24, 2.45) is 7.05 Å². The van der Waals surface area contributed by atoms with Crippen LogP contribution in [0.1, 0.15) is 11.4 Å². The average Bonchev–Trinajstić information content (AvgIpc) is 2.88. The second-order valence-corrected chi connectivity index (χ2v) is 5.01. The molecule has 21 heavy (non-hydrogen) atoms. The van der Waals surface area contributed by atoms with Crippen LogP contribution in [0.4, 0.5) is 0 Å². The van der Waals surface area contributed by atoms with E-state index in [4.69, 9.17) is 21.1 Å². The van der Waals surface area contributed by atoms with Crippen molar-refractivity contribution in [2.45, 2.75) is 13.0 Å². The number of hydrogen-bond donors (Lipinski definition) is 1. The van der Waals surface area contributed by atoms with Gasteiger partial charge < -0.3 is 19.4 Å². The molecule has 0 atom stereocenters. The van der Waals surface area contributed by atoms with E-state index in [9.17, 15) is 0 Å². The van der Waals surface area contributed by atoms with E-state index in [1.54, 1.807) is 20.5 Å². The topological polar surface area (TPSA) is 61.2 Å². The molecule has 0 saturated heterocycles. The van der Waals surface area contributed by atoms with Crippen molar-refractivity contribution >= 4 is 11.6 Å². The zero-order chi connectivity index (χ0) is 15.2. The molecule has 0 aliphatic carbocycles. The molecule has 1 aromatic carbocycles. The quantitative estimate of drug-likeness (QED) is 0.790. The molecule has 2 aromatic rings. The van der Waals surface area contributed by atoms with Crippen LogP contribution in [0, 0.1) is 0 Å². The molecule has 0 aliphatic rings. The number of methoxy groups -OCH3 is 2. The van der Waals surface area contributed by atoms with E-state index in [2.05, 4.69) is 15.5 Å². The number of rotatable bonds is 7. The van der Waals surface area contributed by atoms with Gasteiger partial charge in [0.2, 0.25) is 0 Å². The molecule has 0 bridgehead atoms. The Morgan fingerprint density at radius 3 is 2.71 bits per heavy atom. The smallest absolute Gasteiger partial charge is 0.179 e. The SMILES string of the molecule is COc1cc(CNCCc2nncn2C)cc(Cl)c1OC. The minimum atomic E-state index is 0.543. The van der Waals surface area contributed by atoms with E-state index >= 15 is 0 Å². The normalized spacial score (nSPS) is 10.7. The summed E-state index contributed by atoms with van der Waals surface area (Å²) in [5.74, 6) is 2.14. The Morgan fingerprint density at radius 2 is 2.10 bits per heavy atom. The van der Waals surface area contributed by atoms with Gasteiger partial charge in [0, 0.05) is 26.6 Å². The maximum absolute atomic E-state index is 6.17. The van der Waals surface area contributed by atoms with Gasteiger partial charge in [0.25, 0.3) is 0 Å². The van der Waals surface area contributed by atoms with Gasteiger partial charge in [-0.05, 0) is 17.7 Å². The lowest BCUT2D eigenvalue weighted by molar-refractivity contribution is 0.354. The Balaban J connectivity index is 1.91. The van der Waals surface area contributed by atoms with Crippen molar-refractivity contribution in [3.63, 3.8) is 0 Å². The highest BCUT2D eigenvalue weighted by molar-refractivity contribution is 6.32. The highest BCUT2D eigenvalue weighted by Gasteiger charge is 2.10. The van der Waals surface area contributed by atoms with Gasteiger partial charge >= 0.3 is 0 Å². The lowest BCUT2D eigenvalue weighted by atomic mass is 10.2. The van der Waals surface area contributed by atoms with Gasteiger partial charge in [0.05, 0.1) is 19.2 Å². The molecule has 0 radical (unpaired) electrons. The lowest BCUT2D eigenvalue weighted by Crippen LogP contribution is -2.18. The van der Waals surface area contributed by atoms with Crippen LogP contribution in [0.15, 0.2) is 18.5 Å². The van der Waals surface area contributed by atoms with E-state index in [-0.39, 0.29) is 0 Å². The van der Waals surface area contributed by atoms with Gasteiger partial charge in [0.15, 0.2) is 11.5 Å². The molecule has 0 saturated carbocycles. The molecule has 114 valence electrons. The summed E-state index contributed by atoms with van der Waals surface area (Å²) in [5, 5.41) is 11.8. The molecule has 0 unspecified atom stereocenters. The fourth-order valence-corrected chi connectivity index (χ4v) is 2.35. The van der Waals surface area contributed by atoms with Crippen molar-refractivity contribution in [1.29, 1.82) is 0 Å². The van der Waals surface area contributed by atoms with Gasteiger partial charge in [-0.3, -0.25) is 0 Å². The summed E-state index contributed by atoms with van der Waals surface area (Å²) < 4.78 is 12.4. The zero-order valence-electron chi connectivity index (χ0n) is 12.4. The summed E-state index contributed by atoms with van der Waals surface area (Å²) in [4.78, 5) is 0. The van der Waals surface area contributed by atoms with Gasteiger partial charge in [-0.2, -0.15) is 0 Å². The molecule has 6 nitrogen and oxygen atoms in total. The predicted molar refractivity (Wildman–Crippen MR) is 81.0 cm³/mol. The molecular formula is C14H19ClN4O2. The molecule has 0 spiro atoms. The maximum atomic E-state index is 6.17. The van der Waals surface area contributed by atoms with Crippen molar-refractivity contribution < 1.29 is 9.47 Å². The molecular weight excluding hydrogens is 292 g/mol. The van der Waals surface area contributed by atoms with Crippen molar-refractivity contribution in [2.75, 3.05) is 20.8 Å². The summed E-state index contributed by atoms with van der Waals surface area (Å²) in [5.41, 5.74) is 1.04. The summed E-state index contributed by atoms with van der Waals surface area (Å²) >= 11 is 6.17. The lowest BCUT2D eigenvalue weighted by Gasteiger charge is -2.12. The number of benzene rings is 1. The van der Waals surface area contributed by atoms with E-state index < -0.39 is 0 Å². The first-order chi connectivity index (χ1) is 10.2. The molecule has 7 heteroatoms. The van der Waals surface area contributed by atoms with Crippen molar-refractivity contribution in [3.8, 4) is 11.5 Å². The summed E-state index contributed by atoms with van der Waals surface area (Å²) in [6, 6.07) is 3.79. The maximum Gasteiger partial charge on any atom is 0.179 e. The number of hydrogen-bond acceptors (Lipinski definition) is 5.